The summed E-state index contributed by atoms with van der Waals surface area (Å²) in [6.45, 7) is -0.353. The van der Waals surface area contributed by atoms with Crippen molar-refractivity contribution in [1.82, 2.24) is 9.97 Å². The van der Waals surface area contributed by atoms with Crippen molar-refractivity contribution in [3.63, 3.8) is 0 Å². The second-order valence-corrected chi connectivity index (χ2v) is 11.6. The van der Waals surface area contributed by atoms with E-state index in [4.69, 9.17) is 20.3 Å². The van der Waals surface area contributed by atoms with E-state index in [0.717, 1.165) is 6.33 Å². The Hall–Kier alpha value is -1.54. The number of fused-ring (bicyclic) bond motifs is 1. The number of anilines is 2. The van der Waals surface area contributed by atoms with Gasteiger partial charge in [0, 0.05) is 12.1 Å². The number of phosphoric acid groups is 3. The van der Waals surface area contributed by atoms with E-state index in [9.17, 15) is 33.7 Å². The zero-order chi connectivity index (χ0) is 26.4. The third-order valence-electron chi connectivity index (χ3n) is 4.79. The first-order chi connectivity index (χ1) is 15.9. The minimum Gasteiger partial charge on any atom is -0.383 e. The van der Waals surface area contributed by atoms with E-state index in [2.05, 4.69) is 35.0 Å². The zero-order valence-corrected chi connectivity index (χ0v) is 20.2. The van der Waals surface area contributed by atoms with E-state index in [1.807, 2.05) is 0 Å². The lowest BCUT2D eigenvalue weighted by Crippen LogP contribution is -2.55. The normalized spacial score (nSPS) is 31.8. The summed E-state index contributed by atoms with van der Waals surface area (Å²) >= 11 is 0. The van der Waals surface area contributed by atoms with Crippen molar-refractivity contribution in [1.29, 1.82) is 0 Å². The lowest BCUT2D eigenvalue weighted by atomic mass is 9.93. The fourth-order valence-corrected chi connectivity index (χ4v) is 6.52. The molecule has 1 fully saturated rings. The number of hydrogen-bond donors (Lipinski definition) is 7. The maximum absolute atomic E-state index is 15.6. The molecule has 21 heteroatoms. The topological polar surface area (TPSA) is 265 Å². The van der Waals surface area contributed by atoms with Crippen molar-refractivity contribution in [2.75, 3.05) is 23.8 Å². The van der Waals surface area contributed by atoms with Gasteiger partial charge in [-0.15, -0.1) is 5.92 Å². The number of rotatable bonds is 8. The fourth-order valence-electron chi connectivity index (χ4n) is 3.49. The number of ether oxygens (including phenoxy) is 1. The Bertz CT molecular complexity index is 1210. The van der Waals surface area contributed by atoms with Gasteiger partial charge in [0.15, 0.2) is 12.3 Å². The second kappa shape index (κ2) is 9.40. The van der Waals surface area contributed by atoms with Crippen molar-refractivity contribution in [3.05, 3.63) is 11.9 Å². The highest BCUT2D eigenvalue weighted by molar-refractivity contribution is 7.66. The number of halogens is 1. The van der Waals surface area contributed by atoms with Gasteiger partial charge in [0.25, 0.3) is 5.85 Å². The molecule has 1 aromatic heterocycles. The van der Waals surface area contributed by atoms with Crippen LogP contribution < -0.4 is 10.6 Å². The molecule has 0 saturated carbocycles. The maximum Gasteiger partial charge on any atom is 0.490 e. The summed E-state index contributed by atoms with van der Waals surface area (Å²) in [5.41, 5.74) is 3.59. The van der Waals surface area contributed by atoms with Crippen molar-refractivity contribution in [2.45, 2.75) is 37.1 Å². The van der Waals surface area contributed by atoms with Crippen LogP contribution in [0.2, 0.25) is 0 Å². The molecule has 3 heterocycles. The number of nitrogens with two attached hydrogens (primary N) is 1. The van der Waals surface area contributed by atoms with Crippen LogP contribution in [0, 0.1) is 11.8 Å². The van der Waals surface area contributed by atoms with Crippen molar-refractivity contribution in [3.8, 4) is 11.8 Å². The minimum atomic E-state index is -5.87. The molecule has 196 valence electrons. The van der Waals surface area contributed by atoms with E-state index < -0.39 is 53.9 Å². The van der Waals surface area contributed by atoms with Crippen LogP contribution in [-0.4, -0.2) is 76.7 Å². The van der Waals surface area contributed by atoms with E-state index in [0.29, 0.717) is 5.56 Å². The molecule has 0 bridgehead atoms. The summed E-state index contributed by atoms with van der Waals surface area (Å²) < 4.78 is 66.2. The van der Waals surface area contributed by atoms with E-state index >= 15 is 4.39 Å². The number of aromatic nitrogens is 2. The van der Waals surface area contributed by atoms with Crippen LogP contribution in [0.15, 0.2) is 6.33 Å². The molecule has 0 amide bonds. The molecule has 0 aromatic carbocycles. The zero-order valence-electron chi connectivity index (χ0n) is 17.5. The summed E-state index contributed by atoms with van der Waals surface area (Å²) in [7, 11) is -17.3. The van der Waals surface area contributed by atoms with Gasteiger partial charge in [-0.3, -0.25) is 4.52 Å². The van der Waals surface area contributed by atoms with Crippen molar-refractivity contribution >= 4 is 35.1 Å². The Labute approximate surface area is 196 Å². The molecule has 8 N–H and O–H groups in total. The van der Waals surface area contributed by atoms with Gasteiger partial charge in [0.05, 0.1) is 0 Å². The highest BCUT2D eigenvalue weighted by Gasteiger charge is 2.67. The summed E-state index contributed by atoms with van der Waals surface area (Å²) in [5, 5.41) is 21.6. The van der Waals surface area contributed by atoms with Gasteiger partial charge in [-0.2, -0.15) is 8.62 Å². The number of aliphatic hydroxyl groups excluding tert-OH is 1. The second-order valence-electron chi connectivity index (χ2n) is 7.23. The quantitative estimate of drug-likeness (QED) is 0.146. The average molecular weight is 564 g/mol. The van der Waals surface area contributed by atoms with E-state index in [1.165, 1.54) is 11.8 Å². The van der Waals surface area contributed by atoms with Crippen molar-refractivity contribution in [2.24, 2.45) is 0 Å². The third-order valence-corrected chi connectivity index (χ3v) is 8.57. The Kier molecular flexibility index (Phi) is 7.53. The molecule has 35 heavy (non-hydrogen) atoms. The number of hydrogen-bond acceptors (Lipinski definition) is 13. The van der Waals surface area contributed by atoms with Crippen LogP contribution in [0.4, 0.5) is 16.0 Å². The molecular formula is C14H20FN4O13P3. The molecule has 0 radical (unpaired) electrons. The van der Waals surface area contributed by atoms with Crippen LogP contribution in [0.5, 0.6) is 0 Å². The maximum atomic E-state index is 15.6. The SMILES string of the molecule is CC#C[C@]1(O)[C@H](N2CCc3c(N)ncnc32)O[C@](F)(COP(=O)(O)OP(=O)(O)OP(=O)(O)O)[C@H]1O. The smallest absolute Gasteiger partial charge is 0.383 e. The lowest BCUT2D eigenvalue weighted by molar-refractivity contribution is -0.193. The third kappa shape index (κ3) is 5.90. The Morgan fingerprint density at radius 1 is 1.26 bits per heavy atom. The lowest BCUT2D eigenvalue weighted by Gasteiger charge is -2.32. The standard InChI is InChI=1S/C14H20FN4O13P3/c1-2-4-13(21)11(20)14(15,6-29-34(25,26)32-35(27,28)31-33(22,23)24)30-12(13)19-5-3-8-9(16)17-7-18-10(8)19/h7,11-12,20-21H,3,5-6H2,1H3,(H,25,26)(H,27,28)(H2,16,17,18)(H2,22,23,24)/t11-,12+,13+,14+/m0/s1. The van der Waals surface area contributed by atoms with Gasteiger partial charge in [0.2, 0.25) is 5.60 Å². The van der Waals surface area contributed by atoms with Crippen LogP contribution in [0.3, 0.4) is 0 Å². The molecule has 17 nitrogen and oxygen atoms in total. The molecule has 1 saturated heterocycles. The van der Waals surface area contributed by atoms with Gasteiger partial charge in [-0.25, -0.2) is 28.1 Å². The molecule has 2 unspecified atom stereocenters. The van der Waals surface area contributed by atoms with E-state index in [-0.39, 0.29) is 24.6 Å². The van der Waals surface area contributed by atoms with Crippen molar-refractivity contribution < 1.29 is 65.8 Å². The van der Waals surface area contributed by atoms with Crippen LogP contribution in [0.25, 0.3) is 0 Å². The predicted molar refractivity (Wildman–Crippen MR) is 110 cm³/mol. The summed E-state index contributed by atoms with van der Waals surface area (Å²) in [4.78, 5) is 44.9. The number of nitrogen functional groups attached to an aromatic ring is 1. The molecular weight excluding hydrogens is 544 g/mol. The van der Waals surface area contributed by atoms with Crippen LogP contribution in [-0.2, 0) is 38.0 Å². The highest BCUT2D eigenvalue weighted by Crippen LogP contribution is 2.66. The van der Waals surface area contributed by atoms with Gasteiger partial charge in [-0.1, -0.05) is 5.92 Å². The Morgan fingerprint density at radius 3 is 2.51 bits per heavy atom. The Balaban J connectivity index is 1.84. The predicted octanol–water partition coefficient (Wildman–Crippen LogP) is -1.10. The first kappa shape index (κ1) is 28.0. The van der Waals surface area contributed by atoms with Crippen LogP contribution in [0.1, 0.15) is 12.5 Å². The van der Waals surface area contributed by atoms with Gasteiger partial charge in [-0.05, 0) is 13.3 Å². The number of aliphatic hydroxyl groups is 2. The summed E-state index contributed by atoms with van der Waals surface area (Å²) in [6.07, 6.45) is -2.94. The van der Waals surface area contributed by atoms with E-state index in [1.54, 1.807) is 0 Å². The summed E-state index contributed by atoms with van der Waals surface area (Å²) in [6, 6.07) is 0. The molecule has 2 aliphatic rings. The van der Waals surface area contributed by atoms with Crippen LogP contribution >= 0.6 is 23.5 Å². The fraction of sp³-hybridized carbons (Fsp3) is 0.571. The van der Waals surface area contributed by atoms with Gasteiger partial charge >= 0.3 is 23.5 Å². The first-order valence-corrected chi connectivity index (χ1v) is 13.8. The van der Waals surface area contributed by atoms with Gasteiger partial charge < -0.3 is 45.2 Å². The monoisotopic (exact) mass is 564 g/mol. The molecule has 2 aliphatic heterocycles. The summed E-state index contributed by atoms with van der Waals surface area (Å²) in [5.74, 6) is 1.33. The first-order valence-electron chi connectivity index (χ1n) is 9.28. The molecule has 3 rings (SSSR count). The molecule has 0 aliphatic carbocycles. The number of phosphoric ester groups is 1. The molecule has 6 atom stereocenters. The number of nitrogens with zero attached hydrogens (tertiary/aromatic N) is 3. The van der Waals surface area contributed by atoms with Gasteiger partial charge in [0.1, 0.15) is 24.6 Å². The molecule has 1 aromatic rings. The minimum absolute atomic E-state index is 0.0647. The Morgan fingerprint density at radius 2 is 1.91 bits per heavy atom. The largest absolute Gasteiger partial charge is 0.490 e. The average Bonchev–Trinajstić information content (AvgIpc) is 3.19. The highest BCUT2D eigenvalue weighted by atomic mass is 31.3. The molecule has 0 spiro atoms. The number of alkyl halides is 1.